The van der Waals surface area contributed by atoms with Crippen molar-refractivity contribution in [1.29, 1.82) is 0 Å². The lowest BCUT2D eigenvalue weighted by atomic mass is 10.0. The monoisotopic (exact) mass is 598 g/mol. The van der Waals surface area contributed by atoms with Gasteiger partial charge in [-0.05, 0) is 57.3 Å². The summed E-state index contributed by atoms with van der Waals surface area (Å²) < 4.78 is 2.42. The standard InChI is InChI=1S/C43H26N4/c1-3-10-29(11-4-1)41-44-42(30-12-5-2-6-13-30)46-43(45-41)31-22-20-27(21-23-31)32-15-7-16-33(26-32)47-36-19-9-18-35-34-17-8-14-28-24-25-37(47)40(38(28)34)39(35)36/h1-26H. The minimum atomic E-state index is 0.653. The maximum Gasteiger partial charge on any atom is 0.164 e. The Kier molecular flexibility index (Phi) is 5.54. The second-order valence-electron chi connectivity index (χ2n) is 12.1. The third kappa shape index (κ3) is 3.98. The number of aromatic nitrogens is 4. The smallest absolute Gasteiger partial charge is 0.164 e. The van der Waals surface area contributed by atoms with E-state index in [2.05, 4.69) is 102 Å². The van der Waals surface area contributed by atoms with E-state index in [4.69, 9.17) is 15.0 Å². The van der Waals surface area contributed by atoms with E-state index in [0.717, 1.165) is 33.5 Å². The average molecular weight is 599 g/mol. The van der Waals surface area contributed by atoms with Crippen LogP contribution in [0.4, 0.5) is 0 Å². The van der Waals surface area contributed by atoms with Gasteiger partial charge in [0.2, 0.25) is 0 Å². The molecule has 1 aliphatic carbocycles. The molecule has 0 amide bonds. The highest BCUT2D eigenvalue weighted by Crippen LogP contribution is 2.49. The summed E-state index contributed by atoms with van der Waals surface area (Å²) in [6.07, 6.45) is 0. The molecule has 9 aromatic rings. The summed E-state index contributed by atoms with van der Waals surface area (Å²) >= 11 is 0. The van der Waals surface area contributed by atoms with Crippen LogP contribution in [0.15, 0.2) is 158 Å². The summed E-state index contributed by atoms with van der Waals surface area (Å²) in [6.45, 7) is 0. The Labute approximate surface area is 271 Å². The van der Waals surface area contributed by atoms with E-state index in [-0.39, 0.29) is 0 Å². The lowest BCUT2D eigenvalue weighted by Crippen LogP contribution is -2.00. The van der Waals surface area contributed by atoms with Crippen molar-refractivity contribution in [3.05, 3.63) is 158 Å². The van der Waals surface area contributed by atoms with Gasteiger partial charge in [0.05, 0.1) is 11.0 Å². The van der Waals surface area contributed by atoms with Crippen LogP contribution in [0.2, 0.25) is 0 Å². The second-order valence-corrected chi connectivity index (χ2v) is 12.1. The summed E-state index contributed by atoms with van der Waals surface area (Å²) in [7, 11) is 0. The van der Waals surface area contributed by atoms with Crippen LogP contribution in [0, 0.1) is 0 Å². The summed E-state index contributed by atoms with van der Waals surface area (Å²) in [4.78, 5) is 14.7. The van der Waals surface area contributed by atoms with Crippen molar-refractivity contribution in [3.63, 3.8) is 0 Å². The normalized spacial score (nSPS) is 11.8. The molecule has 0 unspecified atom stereocenters. The van der Waals surface area contributed by atoms with Crippen molar-refractivity contribution < 1.29 is 0 Å². The Morgan fingerprint density at radius 1 is 0.340 bits per heavy atom. The predicted octanol–water partition coefficient (Wildman–Crippen LogP) is 10.8. The molecule has 0 radical (unpaired) electrons. The number of rotatable bonds is 5. The van der Waals surface area contributed by atoms with Gasteiger partial charge >= 0.3 is 0 Å². The SMILES string of the molecule is c1ccc(-c2nc(-c3ccccc3)nc(-c3ccc(-c4cccc(-n5c6cccc7c6c6c8c-7cccc8ccc65)c4)cc3)n2)cc1. The first-order chi connectivity index (χ1) is 23.3. The van der Waals surface area contributed by atoms with Crippen LogP contribution in [0.3, 0.4) is 0 Å². The summed E-state index contributed by atoms with van der Waals surface area (Å²) in [5, 5.41) is 5.38. The predicted molar refractivity (Wildman–Crippen MR) is 192 cm³/mol. The van der Waals surface area contributed by atoms with Crippen molar-refractivity contribution in [3.8, 4) is 62.1 Å². The fourth-order valence-electron chi connectivity index (χ4n) is 7.23. The lowest BCUT2D eigenvalue weighted by Gasteiger charge is -2.13. The Bertz CT molecular complexity index is 2600. The molecule has 1 aliphatic rings. The van der Waals surface area contributed by atoms with E-state index < -0.39 is 0 Å². The Hall–Kier alpha value is -6.39. The molecule has 0 aliphatic heterocycles. The topological polar surface area (TPSA) is 43.6 Å². The van der Waals surface area contributed by atoms with Crippen LogP contribution in [0.25, 0.3) is 94.7 Å². The summed E-state index contributed by atoms with van der Waals surface area (Å²) in [6, 6.07) is 55.4. The number of hydrogen-bond donors (Lipinski definition) is 0. The molecule has 0 saturated carbocycles. The quantitative estimate of drug-likeness (QED) is 0.198. The van der Waals surface area contributed by atoms with Gasteiger partial charge in [0.15, 0.2) is 17.5 Å². The molecule has 0 fully saturated rings. The molecule has 0 bridgehead atoms. The Morgan fingerprint density at radius 2 is 0.872 bits per heavy atom. The van der Waals surface area contributed by atoms with E-state index >= 15 is 0 Å². The van der Waals surface area contributed by atoms with E-state index in [9.17, 15) is 0 Å². The van der Waals surface area contributed by atoms with Crippen molar-refractivity contribution in [2.75, 3.05) is 0 Å². The molecule has 218 valence electrons. The number of benzene rings is 7. The van der Waals surface area contributed by atoms with E-state index in [1.807, 2.05) is 60.7 Å². The average Bonchev–Trinajstić information content (AvgIpc) is 3.68. The Balaban J connectivity index is 1.06. The fraction of sp³-hybridized carbons (Fsp3) is 0. The Morgan fingerprint density at radius 3 is 1.55 bits per heavy atom. The second kappa shape index (κ2) is 10.1. The van der Waals surface area contributed by atoms with E-state index in [1.165, 1.54) is 43.7 Å². The first kappa shape index (κ1) is 25.9. The number of hydrogen-bond acceptors (Lipinski definition) is 3. The molecule has 0 spiro atoms. The van der Waals surface area contributed by atoms with Crippen LogP contribution in [-0.4, -0.2) is 19.5 Å². The van der Waals surface area contributed by atoms with Crippen molar-refractivity contribution >= 4 is 32.6 Å². The maximum atomic E-state index is 4.91. The molecule has 4 heteroatoms. The first-order valence-corrected chi connectivity index (χ1v) is 15.9. The van der Waals surface area contributed by atoms with Crippen LogP contribution < -0.4 is 0 Å². The molecule has 10 rings (SSSR count). The van der Waals surface area contributed by atoms with Gasteiger partial charge in [0.1, 0.15) is 0 Å². The third-order valence-corrected chi connectivity index (χ3v) is 9.37. The van der Waals surface area contributed by atoms with Gasteiger partial charge in [-0.2, -0.15) is 0 Å². The zero-order valence-electron chi connectivity index (χ0n) is 25.3. The number of nitrogens with zero attached hydrogens (tertiary/aromatic N) is 4. The lowest BCUT2D eigenvalue weighted by molar-refractivity contribution is 1.07. The third-order valence-electron chi connectivity index (χ3n) is 9.37. The van der Waals surface area contributed by atoms with Crippen molar-refractivity contribution in [2.24, 2.45) is 0 Å². The summed E-state index contributed by atoms with van der Waals surface area (Å²) in [5.74, 6) is 1.97. The molecule has 0 saturated heterocycles. The highest BCUT2D eigenvalue weighted by molar-refractivity contribution is 6.33. The molecule has 2 aromatic heterocycles. The van der Waals surface area contributed by atoms with E-state index in [1.54, 1.807) is 0 Å². The van der Waals surface area contributed by atoms with Gasteiger partial charge in [-0.3, -0.25) is 0 Å². The molecule has 2 heterocycles. The fourth-order valence-corrected chi connectivity index (χ4v) is 7.23. The largest absolute Gasteiger partial charge is 0.309 e. The molecular formula is C43H26N4. The van der Waals surface area contributed by atoms with Gasteiger partial charge in [-0.15, -0.1) is 0 Å². The van der Waals surface area contributed by atoms with Gasteiger partial charge in [-0.1, -0.05) is 133 Å². The minimum Gasteiger partial charge on any atom is -0.309 e. The van der Waals surface area contributed by atoms with Crippen LogP contribution in [0.5, 0.6) is 0 Å². The van der Waals surface area contributed by atoms with Gasteiger partial charge in [-0.25, -0.2) is 15.0 Å². The number of fused-ring (bicyclic) bond motifs is 1. The first-order valence-electron chi connectivity index (χ1n) is 15.9. The van der Waals surface area contributed by atoms with Crippen LogP contribution in [-0.2, 0) is 0 Å². The van der Waals surface area contributed by atoms with Gasteiger partial charge in [0, 0.05) is 33.2 Å². The minimum absolute atomic E-state index is 0.653. The molecule has 4 nitrogen and oxygen atoms in total. The molecule has 7 aromatic carbocycles. The zero-order valence-corrected chi connectivity index (χ0v) is 25.3. The highest BCUT2D eigenvalue weighted by atomic mass is 15.0. The van der Waals surface area contributed by atoms with Gasteiger partial charge in [0.25, 0.3) is 0 Å². The maximum absolute atomic E-state index is 4.91. The zero-order chi connectivity index (χ0) is 30.9. The molecular weight excluding hydrogens is 573 g/mol. The molecule has 0 N–H and O–H groups in total. The van der Waals surface area contributed by atoms with Crippen molar-refractivity contribution in [1.82, 2.24) is 19.5 Å². The summed E-state index contributed by atoms with van der Waals surface area (Å²) in [5.41, 5.74) is 11.5. The van der Waals surface area contributed by atoms with Crippen LogP contribution >= 0.6 is 0 Å². The highest BCUT2D eigenvalue weighted by Gasteiger charge is 2.24. The van der Waals surface area contributed by atoms with Crippen LogP contribution in [0.1, 0.15) is 0 Å². The van der Waals surface area contributed by atoms with E-state index in [0.29, 0.717) is 17.5 Å². The van der Waals surface area contributed by atoms with Crippen molar-refractivity contribution in [2.45, 2.75) is 0 Å². The molecule has 47 heavy (non-hydrogen) atoms. The molecule has 0 atom stereocenters. The van der Waals surface area contributed by atoms with Gasteiger partial charge < -0.3 is 4.57 Å².